The Hall–Kier alpha value is -3.52. The van der Waals surface area contributed by atoms with Gasteiger partial charge in [0.15, 0.2) is 6.61 Å². The molecule has 7 nitrogen and oxygen atoms in total. The van der Waals surface area contributed by atoms with Gasteiger partial charge in [0.05, 0.1) is 11.4 Å². The summed E-state index contributed by atoms with van der Waals surface area (Å²) in [6, 6.07) is 13.7. The molecule has 1 amide bonds. The summed E-state index contributed by atoms with van der Waals surface area (Å²) < 4.78 is 6.97. The van der Waals surface area contributed by atoms with E-state index in [0.29, 0.717) is 27.2 Å². The summed E-state index contributed by atoms with van der Waals surface area (Å²) in [6.07, 6.45) is 1.66. The van der Waals surface area contributed by atoms with Crippen molar-refractivity contribution in [3.63, 3.8) is 0 Å². The molecule has 1 unspecified atom stereocenters. The minimum Gasteiger partial charge on any atom is -0.451 e. The number of nitrogens with zero attached hydrogens (tertiary/aromatic N) is 2. The molecule has 8 heteroatoms. The summed E-state index contributed by atoms with van der Waals surface area (Å²) in [5.74, 6) is -0.247. The predicted molar refractivity (Wildman–Crippen MR) is 128 cm³/mol. The topological polar surface area (TPSA) is 90.3 Å². The zero-order valence-corrected chi connectivity index (χ0v) is 19.2. The maximum atomic E-state index is 12.8. The number of hydrogen-bond acceptors (Lipinski definition) is 6. The van der Waals surface area contributed by atoms with Crippen molar-refractivity contribution in [1.29, 1.82) is 0 Å². The molecular weight excluding hydrogens is 438 g/mol. The molecule has 1 N–H and O–H groups in total. The van der Waals surface area contributed by atoms with Crippen LogP contribution in [0.5, 0.6) is 0 Å². The zero-order chi connectivity index (χ0) is 23.1. The number of aryl methyl sites for hydroxylation is 2. The molecule has 0 saturated carbocycles. The summed E-state index contributed by atoms with van der Waals surface area (Å²) in [4.78, 5) is 43.4. The average molecular weight is 462 g/mol. The first-order chi connectivity index (χ1) is 15.9. The van der Waals surface area contributed by atoms with Gasteiger partial charge in [-0.05, 0) is 42.2 Å². The lowest BCUT2D eigenvalue weighted by atomic mass is 10.00. The lowest BCUT2D eigenvalue weighted by Gasteiger charge is -2.16. The van der Waals surface area contributed by atoms with Crippen LogP contribution < -0.4 is 10.9 Å². The molecule has 4 aromatic rings. The molecular formula is C25H23N3O4S. The molecule has 1 atom stereocenters. The molecule has 0 bridgehead atoms. The van der Waals surface area contributed by atoms with Crippen LogP contribution in [-0.4, -0.2) is 28.0 Å². The first kappa shape index (κ1) is 21.3. The van der Waals surface area contributed by atoms with Gasteiger partial charge in [-0.2, -0.15) is 0 Å². The molecule has 33 heavy (non-hydrogen) atoms. The number of fused-ring (bicyclic) bond motifs is 3. The smallest absolute Gasteiger partial charge is 0.349 e. The Labute approximate surface area is 194 Å². The van der Waals surface area contributed by atoms with Crippen molar-refractivity contribution in [3.8, 4) is 0 Å². The largest absolute Gasteiger partial charge is 0.451 e. The van der Waals surface area contributed by atoms with E-state index in [-0.39, 0.29) is 17.5 Å². The third kappa shape index (κ3) is 3.80. The van der Waals surface area contributed by atoms with Crippen LogP contribution in [0, 0.1) is 6.92 Å². The van der Waals surface area contributed by atoms with Gasteiger partial charge in [0.1, 0.15) is 15.5 Å². The summed E-state index contributed by atoms with van der Waals surface area (Å²) in [7, 11) is 0. The number of benzene rings is 2. The minimum absolute atomic E-state index is 0.109. The number of esters is 1. The number of rotatable bonds is 5. The summed E-state index contributed by atoms with van der Waals surface area (Å²) in [5.41, 5.74) is 1.44. The Morgan fingerprint density at radius 2 is 2.00 bits per heavy atom. The highest BCUT2D eigenvalue weighted by Gasteiger charge is 2.24. The second-order valence-electron chi connectivity index (χ2n) is 8.26. The molecule has 3 heterocycles. The number of nitrogens with one attached hydrogen (secondary N) is 1. The van der Waals surface area contributed by atoms with Gasteiger partial charge >= 0.3 is 5.97 Å². The fourth-order valence-electron chi connectivity index (χ4n) is 4.46. The molecule has 1 aliphatic rings. The number of thiophene rings is 1. The average Bonchev–Trinajstić information content (AvgIpc) is 3.42. The Morgan fingerprint density at radius 1 is 1.21 bits per heavy atom. The van der Waals surface area contributed by atoms with E-state index < -0.39 is 12.6 Å². The molecule has 5 rings (SSSR count). The van der Waals surface area contributed by atoms with Gasteiger partial charge in [-0.1, -0.05) is 42.5 Å². The van der Waals surface area contributed by atoms with Crippen molar-refractivity contribution in [2.24, 2.45) is 0 Å². The van der Waals surface area contributed by atoms with Crippen molar-refractivity contribution in [2.45, 2.75) is 39.3 Å². The van der Waals surface area contributed by atoms with Gasteiger partial charge in [0, 0.05) is 13.0 Å². The van der Waals surface area contributed by atoms with Crippen molar-refractivity contribution in [1.82, 2.24) is 14.9 Å². The van der Waals surface area contributed by atoms with E-state index in [4.69, 9.17) is 4.74 Å². The number of ether oxygens (including phenoxy) is 1. The lowest BCUT2D eigenvalue weighted by Crippen LogP contribution is -2.31. The molecule has 0 fully saturated rings. The summed E-state index contributed by atoms with van der Waals surface area (Å²) in [6.45, 7) is 3.88. The number of carbonyl (C=O) groups is 2. The highest BCUT2D eigenvalue weighted by molar-refractivity contribution is 7.20. The molecule has 1 aliphatic heterocycles. The van der Waals surface area contributed by atoms with E-state index in [1.165, 1.54) is 0 Å². The Kier molecular flexibility index (Phi) is 5.46. The Balaban J connectivity index is 1.29. The minimum atomic E-state index is -0.618. The van der Waals surface area contributed by atoms with Crippen LogP contribution in [0.2, 0.25) is 0 Å². The van der Waals surface area contributed by atoms with Crippen molar-refractivity contribution >= 4 is 44.2 Å². The second kappa shape index (κ2) is 8.44. The van der Waals surface area contributed by atoms with Crippen molar-refractivity contribution in [3.05, 3.63) is 74.6 Å². The maximum absolute atomic E-state index is 12.8. The molecule has 168 valence electrons. The van der Waals surface area contributed by atoms with Crippen LogP contribution in [0.15, 0.2) is 47.3 Å². The fraction of sp³-hybridized carbons (Fsp3) is 0.280. The standard InChI is InChI=1S/C25H23N3O4S/c1-14-21-23(27-19-11-6-12-28(19)24(21)30)33-22(14)25(31)32-13-20(29)26-15(2)17-10-5-8-16-7-3-4-9-18(16)17/h3-5,7-10,15H,6,11-13H2,1-2H3,(H,26,29). The van der Waals surface area contributed by atoms with E-state index in [1.807, 2.05) is 49.4 Å². The maximum Gasteiger partial charge on any atom is 0.349 e. The molecule has 0 aliphatic carbocycles. The van der Waals surface area contributed by atoms with Crippen LogP contribution in [-0.2, 0) is 22.5 Å². The summed E-state index contributed by atoms with van der Waals surface area (Å²) >= 11 is 1.15. The summed E-state index contributed by atoms with van der Waals surface area (Å²) in [5, 5.41) is 5.52. The number of aromatic nitrogens is 2. The molecule has 0 radical (unpaired) electrons. The van der Waals surface area contributed by atoms with Crippen molar-refractivity contribution < 1.29 is 14.3 Å². The zero-order valence-electron chi connectivity index (χ0n) is 18.4. The Morgan fingerprint density at radius 3 is 2.85 bits per heavy atom. The SMILES string of the molecule is Cc1c(C(=O)OCC(=O)NC(C)c2cccc3ccccc23)sc2nc3n(c(=O)c12)CCC3. The van der Waals surface area contributed by atoms with E-state index in [0.717, 1.165) is 46.3 Å². The van der Waals surface area contributed by atoms with Crippen LogP contribution in [0.3, 0.4) is 0 Å². The Bertz CT molecular complexity index is 1460. The quantitative estimate of drug-likeness (QED) is 0.455. The third-order valence-electron chi connectivity index (χ3n) is 6.10. The molecule has 0 saturated heterocycles. The fourth-order valence-corrected chi connectivity index (χ4v) is 5.54. The highest BCUT2D eigenvalue weighted by Crippen LogP contribution is 2.29. The van der Waals surface area contributed by atoms with Crippen LogP contribution in [0.4, 0.5) is 0 Å². The number of hydrogen-bond donors (Lipinski definition) is 1. The van der Waals surface area contributed by atoms with Crippen LogP contribution >= 0.6 is 11.3 Å². The number of amides is 1. The number of carbonyl (C=O) groups excluding carboxylic acids is 2. The first-order valence-electron chi connectivity index (χ1n) is 10.9. The second-order valence-corrected chi connectivity index (χ2v) is 9.26. The van der Waals surface area contributed by atoms with Crippen molar-refractivity contribution in [2.75, 3.05) is 6.61 Å². The highest BCUT2D eigenvalue weighted by atomic mass is 32.1. The normalized spacial score (nSPS) is 13.8. The molecule has 0 spiro atoms. The van der Waals surface area contributed by atoms with Gasteiger partial charge < -0.3 is 10.1 Å². The third-order valence-corrected chi connectivity index (χ3v) is 7.26. The van der Waals surface area contributed by atoms with E-state index in [2.05, 4.69) is 10.3 Å². The van der Waals surface area contributed by atoms with E-state index in [1.54, 1.807) is 11.5 Å². The predicted octanol–water partition coefficient (Wildman–Crippen LogP) is 3.90. The molecule has 2 aromatic heterocycles. The monoisotopic (exact) mass is 461 g/mol. The van der Waals surface area contributed by atoms with E-state index in [9.17, 15) is 14.4 Å². The lowest BCUT2D eigenvalue weighted by molar-refractivity contribution is -0.124. The van der Waals surface area contributed by atoms with Crippen LogP contribution in [0.25, 0.3) is 21.0 Å². The van der Waals surface area contributed by atoms with Gasteiger partial charge in [-0.15, -0.1) is 11.3 Å². The van der Waals surface area contributed by atoms with Gasteiger partial charge in [-0.25, -0.2) is 9.78 Å². The van der Waals surface area contributed by atoms with Gasteiger partial charge in [-0.3, -0.25) is 14.2 Å². The van der Waals surface area contributed by atoms with Gasteiger partial charge in [0.2, 0.25) is 0 Å². The van der Waals surface area contributed by atoms with Gasteiger partial charge in [0.25, 0.3) is 11.5 Å². The first-order valence-corrected chi connectivity index (χ1v) is 11.7. The van der Waals surface area contributed by atoms with E-state index >= 15 is 0 Å². The molecule has 2 aromatic carbocycles. The van der Waals surface area contributed by atoms with Crippen LogP contribution in [0.1, 0.15) is 46.0 Å².